The quantitative estimate of drug-likeness (QED) is 0.692. The molecule has 0 bridgehead atoms. The SMILES string of the molecule is Cc1ccc(-c2cn(CCC3CCCN3C)nn2)cc1C(=O)Nc1ccccc1. The summed E-state index contributed by atoms with van der Waals surface area (Å²) in [5.41, 5.74) is 4.05. The highest BCUT2D eigenvalue weighted by Gasteiger charge is 2.20. The molecule has 6 nitrogen and oxygen atoms in total. The highest BCUT2D eigenvalue weighted by atomic mass is 16.1. The number of aryl methyl sites for hydroxylation is 2. The number of para-hydroxylation sites is 1. The number of hydrogen-bond donors (Lipinski definition) is 1. The number of nitrogens with zero attached hydrogens (tertiary/aromatic N) is 4. The Labute approximate surface area is 171 Å². The van der Waals surface area contributed by atoms with Gasteiger partial charge in [0.25, 0.3) is 5.91 Å². The number of rotatable bonds is 6. The summed E-state index contributed by atoms with van der Waals surface area (Å²) in [6.45, 7) is 3.98. The van der Waals surface area contributed by atoms with Crippen LogP contribution in [0.5, 0.6) is 0 Å². The summed E-state index contributed by atoms with van der Waals surface area (Å²) >= 11 is 0. The van der Waals surface area contributed by atoms with Crippen molar-refractivity contribution >= 4 is 11.6 Å². The molecule has 1 amide bonds. The molecule has 6 heteroatoms. The molecule has 1 N–H and O–H groups in total. The number of nitrogens with one attached hydrogen (secondary N) is 1. The summed E-state index contributed by atoms with van der Waals surface area (Å²) in [6, 6.07) is 16.0. The van der Waals surface area contributed by atoms with Crippen molar-refractivity contribution in [3.8, 4) is 11.3 Å². The summed E-state index contributed by atoms with van der Waals surface area (Å²) < 4.78 is 1.91. The van der Waals surface area contributed by atoms with Crippen molar-refractivity contribution in [1.82, 2.24) is 19.9 Å². The van der Waals surface area contributed by atoms with Gasteiger partial charge in [-0.3, -0.25) is 9.48 Å². The molecule has 2 aromatic carbocycles. The van der Waals surface area contributed by atoms with Crippen LogP contribution in [0.2, 0.25) is 0 Å². The lowest BCUT2D eigenvalue weighted by Gasteiger charge is -2.18. The Balaban J connectivity index is 1.47. The van der Waals surface area contributed by atoms with E-state index in [0.717, 1.165) is 35.5 Å². The molecule has 0 aliphatic carbocycles. The highest BCUT2D eigenvalue weighted by molar-refractivity contribution is 6.05. The predicted molar refractivity (Wildman–Crippen MR) is 115 cm³/mol. The van der Waals surface area contributed by atoms with E-state index < -0.39 is 0 Å². The lowest BCUT2D eigenvalue weighted by molar-refractivity contribution is 0.102. The van der Waals surface area contributed by atoms with Crippen LogP contribution >= 0.6 is 0 Å². The fraction of sp³-hybridized carbons (Fsp3) is 0.348. The van der Waals surface area contributed by atoms with E-state index in [1.807, 2.05) is 66.3 Å². The third-order valence-electron chi connectivity index (χ3n) is 5.71. The number of aromatic nitrogens is 3. The van der Waals surface area contributed by atoms with Gasteiger partial charge in [0.1, 0.15) is 5.69 Å². The number of carbonyl (C=O) groups is 1. The second-order valence-corrected chi connectivity index (χ2v) is 7.78. The Kier molecular flexibility index (Phi) is 5.71. The van der Waals surface area contributed by atoms with Gasteiger partial charge >= 0.3 is 0 Å². The molecule has 0 saturated carbocycles. The Morgan fingerprint density at radius 2 is 2.03 bits per heavy atom. The largest absolute Gasteiger partial charge is 0.322 e. The van der Waals surface area contributed by atoms with Gasteiger partial charge in [0, 0.05) is 29.4 Å². The minimum atomic E-state index is -0.118. The van der Waals surface area contributed by atoms with Crippen LogP contribution < -0.4 is 5.32 Å². The molecule has 29 heavy (non-hydrogen) atoms. The first-order chi connectivity index (χ1) is 14.1. The van der Waals surface area contributed by atoms with Gasteiger partial charge in [0.15, 0.2) is 0 Å². The molecular weight excluding hydrogens is 362 g/mol. The molecular formula is C23H27N5O. The van der Waals surface area contributed by atoms with E-state index in [2.05, 4.69) is 27.6 Å². The standard InChI is InChI=1S/C23H27N5O/c1-17-10-11-18(15-21(17)23(29)24-19-7-4-3-5-8-19)22-16-28(26-25-22)14-12-20-9-6-13-27(20)2/h3-5,7-8,10-11,15-16,20H,6,9,12-14H2,1-2H3,(H,24,29). The lowest BCUT2D eigenvalue weighted by atomic mass is 10.0. The number of hydrogen-bond acceptors (Lipinski definition) is 4. The van der Waals surface area contributed by atoms with Gasteiger partial charge in [-0.2, -0.15) is 0 Å². The topological polar surface area (TPSA) is 63.1 Å². The molecule has 150 valence electrons. The lowest BCUT2D eigenvalue weighted by Crippen LogP contribution is -2.26. The van der Waals surface area contributed by atoms with Crippen LogP contribution in [-0.2, 0) is 6.54 Å². The zero-order valence-electron chi connectivity index (χ0n) is 17.0. The summed E-state index contributed by atoms with van der Waals surface area (Å²) in [7, 11) is 2.19. The molecule has 4 rings (SSSR count). The first-order valence-corrected chi connectivity index (χ1v) is 10.2. The van der Waals surface area contributed by atoms with Crippen molar-refractivity contribution in [2.75, 3.05) is 18.9 Å². The Morgan fingerprint density at radius 1 is 1.21 bits per heavy atom. The number of amides is 1. The van der Waals surface area contributed by atoms with Crippen molar-refractivity contribution in [2.24, 2.45) is 0 Å². The number of benzene rings is 2. The van der Waals surface area contributed by atoms with Crippen molar-refractivity contribution < 1.29 is 4.79 Å². The summed E-state index contributed by atoms with van der Waals surface area (Å²) in [4.78, 5) is 15.2. The van der Waals surface area contributed by atoms with Crippen LogP contribution in [0.25, 0.3) is 11.3 Å². The van der Waals surface area contributed by atoms with Crippen molar-refractivity contribution in [1.29, 1.82) is 0 Å². The van der Waals surface area contributed by atoms with Gasteiger partial charge in [-0.15, -0.1) is 5.10 Å². The van der Waals surface area contributed by atoms with Gasteiger partial charge in [-0.25, -0.2) is 0 Å². The average Bonchev–Trinajstić information content (AvgIpc) is 3.36. The fourth-order valence-electron chi connectivity index (χ4n) is 3.91. The minimum Gasteiger partial charge on any atom is -0.322 e. The molecule has 2 heterocycles. The maximum atomic E-state index is 12.7. The van der Waals surface area contributed by atoms with E-state index in [1.165, 1.54) is 19.4 Å². The number of carbonyl (C=O) groups excluding carboxylic acids is 1. The minimum absolute atomic E-state index is 0.118. The molecule has 1 aromatic heterocycles. The normalized spacial score (nSPS) is 16.8. The zero-order valence-corrected chi connectivity index (χ0v) is 17.0. The van der Waals surface area contributed by atoms with Crippen molar-refractivity contribution in [3.63, 3.8) is 0 Å². The van der Waals surface area contributed by atoms with E-state index in [4.69, 9.17) is 0 Å². The molecule has 1 aliphatic rings. The smallest absolute Gasteiger partial charge is 0.255 e. The molecule has 3 aromatic rings. The van der Waals surface area contributed by atoms with Gasteiger partial charge in [-0.05, 0) is 63.5 Å². The monoisotopic (exact) mass is 389 g/mol. The third kappa shape index (κ3) is 4.54. The van der Waals surface area contributed by atoms with Crippen LogP contribution in [0.4, 0.5) is 5.69 Å². The summed E-state index contributed by atoms with van der Waals surface area (Å²) in [6.07, 6.45) is 5.59. The second-order valence-electron chi connectivity index (χ2n) is 7.78. The van der Waals surface area contributed by atoms with Gasteiger partial charge in [-0.1, -0.05) is 35.5 Å². The van der Waals surface area contributed by atoms with Crippen LogP contribution in [0.3, 0.4) is 0 Å². The molecule has 1 unspecified atom stereocenters. The molecule has 0 spiro atoms. The average molecular weight is 390 g/mol. The molecule has 1 saturated heterocycles. The Morgan fingerprint density at radius 3 is 2.79 bits per heavy atom. The molecule has 1 fully saturated rings. The Hall–Kier alpha value is -2.99. The Bertz CT molecular complexity index is 982. The third-order valence-corrected chi connectivity index (χ3v) is 5.71. The van der Waals surface area contributed by atoms with Crippen molar-refractivity contribution in [2.45, 2.75) is 38.8 Å². The van der Waals surface area contributed by atoms with Crippen LogP contribution in [-0.4, -0.2) is 45.4 Å². The van der Waals surface area contributed by atoms with E-state index in [1.54, 1.807) is 0 Å². The first kappa shape index (κ1) is 19.3. The first-order valence-electron chi connectivity index (χ1n) is 10.2. The number of likely N-dealkylation sites (tertiary alicyclic amines) is 1. The number of anilines is 1. The predicted octanol–water partition coefficient (Wildman–Crippen LogP) is 3.99. The van der Waals surface area contributed by atoms with E-state index in [9.17, 15) is 4.79 Å². The molecule has 1 aliphatic heterocycles. The van der Waals surface area contributed by atoms with Crippen molar-refractivity contribution in [3.05, 3.63) is 65.9 Å². The summed E-state index contributed by atoms with van der Waals surface area (Å²) in [5, 5.41) is 11.6. The van der Waals surface area contributed by atoms with E-state index in [-0.39, 0.29) is 5.91 Å². The zero-order chi connectivity index (χ0) is 20.2. The van der Waals surface area contributed by atoms with Gasteiger partial charge in [0.2, 0.25) is 0 Å². The van der Waals surface area contributed by atoms with Gasteiger partial charge in [0.05, 0.1) is 6.20 Å². The van der Waals surface area contributed by atoms with E-state index >= 15 is 0 Å². The highest BCUT2D eigenvalue weighted by Crippen LogP contribution is 2.22. The van der Waals surface area contributed by atoms with E-state index in [0.29, 0.717) is 11.6 Å². The van der Waals surface area contributed by atoms with Crippen LogP contribution in [0.1, 0.15) is 35.2 Å². The fourth-order valence-corrected chi connectivity index (χ4v) is 3.91. The maximum absolute atomic E-state index is 12.7. The summed E-state index contributed by atoms with van der Waals surface area (Å²) in [5.74, 6) is -0.118. The maximum Gasteiger partial charge on any atom is 0.255 e. The molecule has 0 radical (unpaired) electrons. The van der Waals surface area contributed by atoms with Crippen LogP contribution in [0, 0.1) is 6.92 Å². The second kappa shape index (κ2) is 8.57. The van der Waals surface area contributed by atoms with Crippen LogP contribution in [0.15, 0.2) is 54.7 Å². The van der Waals surface area contributed by atoms with Gasteiger partial charge < -0.3 is 10.2 Å². The molecule has 1 atom stereocenters.